The van der Waals surface area contributed by atoms with Gasteiger partial charge in [0.1, 0.15) is 17.4 Å². The van der Waals surface area contributed by atoms with Gasteiger partial charge in [-0.3, -0.25) is 14.4 Å². The highest BCUT2D eigenvalue weighted by atomic mass is 19.1. The van der Waals surface area contributed by atoms with Gasteiger partial charge in [0.25, 0.3) is 5.91 Å². The van der Waals surface area contributed by atoms with Crippen molar-refractivity contribution in [1.82, 2.24) is 10.6 Å². The van der Waals surface area contributed by atoms with Gasteiger partial charge in [-0.2, -0.15) is 0 Å². The van der Waals surface area contributed by atoms with E-state index in [4.69, 9.17) is 4.74 Å². The van der Waals surface area contributed by atoms with Crippen molar-refractivity contribution in [3.8, 4) is 5.75 Å². The van der Waals surface area contributed by atoms with Gasteiger partial charge in [0.05, 0.1) is 6.54 Å². The van der Waals surface area contributed by atoms with Crippen LogP contribution >= 0.6 is 0 Å². The molecule has 0 saturated heterocycles. The van der Waals surface area contributed by atoms with Crippen LogP contribution in [0.2, 0.25) is 0 Å². The van der Waals surface area contributed by atoms with E-state index in [1.54, 1.807) is 26.0 Å². The molecule has 0 saturated carbocycles. The number of halogens is 2. The predicted octanol–water partition coefficient (Wildman–Crippen LogP) is 3.25. The van der Waals surface area contributed by atoms with E-state index >= 15 is 0 Å². The Morgan fingerprint density at radius 1 is 0.871 bits per heavy atom. The van der Waals surface area contributed by atoms with E-state index in [9.17, 15) is 23.2 Å². The zero-order chi connectivity index (χ0) is 22.8. The summed E-state index contributed by atoms with van der Waals surface area (Å²) in [6, 6.07) is 8.58. The molecule has 166 valence electrons. The third-order valence-corrected chi connectivity index (χ3v) is 4.61. The lowest BCUT2D eigenvalue weighted by molar-refractivity contribution is -0.123. The molecule has 2 aromatic rings. The Morgan fingerprint density at radius 2 is 1.55 bits per heavy atom. The van der Waals surface area contributed by atoms with Crippen LogP contribution in [-0.4, -0.2) is 37.3 Å². The molecule has 2 rings (SSSR count). The summed E-state index contributed by atoms with van der Waals surface area (Å²) < 4.78 is 32.2. The number of rotatable bonds is 11. The third kappa shape index (κ3) is 8.16. The first-order valence-corrected chi connectivity index (χ1v) is 9.98. The monoisotopic (exact) mass is 432 g/mol. The van der Waals surface area contributed by atoms with Crippen molar-refractivity contribution in [2.75, 3.05) is 19.7 Å². The molecule has 2 aromatic carbocycles. The second-order valence-corrected chi connectivity index (χ2v) is 7.17. The summed E-state index contributed by atoms with van der Waals surface area (Å²) >= 11 is 0. The zero-order valence-electron chi connectivity index (χ0n) is 17.6. The molecule has 2 N–H and O–H groups in total. The SMILES string of the molecule is Cc1ccc(OCC(=O)NCCCCC(=O)NCC(=O)c2ccc(C)c(F)c2)cc1F. The van der Waals surface area contributed by atoms with Gasteiger partial charge in [-0.15, -0.1) is 0 Å². The van der Waals surface area contributed by atoms with Crippen molar-refractivity contribution in [3.63, 3.8) is 0 Å². The van der Waals surface area contributed by atoms with Gasteiger partial charge in [0, 0.05) is 24.6 Å². The first kappa shape index (κ1) is 24.0. The maximum atomic E-state index is 13.5. The van der Waals surface area contributed by atoms with Crippen LogP contribution < -0.4 is 15.4 Å². The smallest absolute Gasteiger partial charge is 0.257 e. The second-order valence-electron chi connectivity index (χ2n) is 7.17. The van der Waals surface area contributed by atoms with Crippen molar-refractivity contribution in [2.45, 2.75) is 33.1 Å². The molecule has 0 aliphatic rings. The number of ketones is 1. The molecule has 0 spiro atoms. The van der Waals surface area contributed by atoms with Crippen LogP contribution in [0.4, 0.5) is 8.78 Å². The average Bonchev–Trinajstić information content (AvgIpc) is 2.74. The summed E-state index contributed by atoms with van der Waals surface area (Å²) in [5, 5.41) is 5.17. The Bertz CT molecular complexity index is 947. The first-order valence-electron chi connectivity index (χ1n) is 9.98. The van der Waals surface area contributed by atoms with Crippen molar-refractivity contribution < 1.29 is 27.9 Å². The molecule has 0 bridgehead atoms. The summed E-state index contributed by atoms with van der Waals surface area (Å²) in [5.74, 6) is -1.59. The Balaban J connectivity index is 1.56. The molecule has 0 aliphatic carbocycles. The summed E-state index contributed by atoms with van der Waals surface area (Å²) in [6.07, 6.45) is 1.28. The van der Waals surface area contributed by atoms with Crippen LogP contribution in [-0.2, 0) is 9.59 Å². The fourth-order valence-corrected chi connectivity index (χ4v) is 2.64. The largest absolute Gasteiger partial charge is 0.484 e. The number of unbranched alkanes of at least 4 members (excludes halogenated alkanes) is 1. The summed E-state index contributed by atoms with van der Waals surface area (Å²) in [7, 11) is 0. The minimum Gasteiger partial charge on any atom is -0.484 e. The van der Waals surface area contributed by atoms with Gasteiger partial charge in [-0.25, -0.2) is 8.78 Å². The van der Waals surface area contributed by atoms with E-state index in [2.05, 4.69) is 10.6 Å². The second kappa shape index (κ2) is 11.8. The molecular formula is C23H26F2N2O4. The minimum absolute atomic E-state index is 0.199. The molecule has 0 fully saturated rings. The number of aryl methyl sites for hydroxylation is 2. The molecule has 6 nitrogen and oxygen atoms in total. The van der Waals surface area contributed by atoms with E-state index in [0.717, 1.165) is 6.07 Å². The third-order valence-electron chi connectivity index (χ3n) is 4.61. The maximum absolute atomic E-state index is 13.5. The van der Waals surface area contributed by atoms with Crippen LogP contribution in [0.5, 0.6) is 5.75 Å². The number of Topliss-reactive ketones (excluding diaryl/α,β-unsaturated/α-hetero) is 1. The van der Waals surface area contributed by atoms with Crippen molar-refractivity contribution >= 4 is 17.6 Å². The number of carbonyl (C=O) groups is 3. The van der Waals surface area contributed by atoms with Crippen LogP contribution in [0, 0.1) is 25.5 Å². The molecule has 0 aliphatic heterocycles. The van der Waals surface area contributed by atoms with Crippen LogP contribution in [0.15, 0.2) is 36.4 Å². The average molecular weight is 432 g/mol. The number of benzene rings is 2. The summed E-state index contributed by atoms with van der Waals surface area (Å²) in [5.41, 5.74) is 1.15. The molecule has 0 unspecified atom stereocenters. The van der Waals surface area contributed by atoms with Gasteiger partial charge in [-0.05, 0) is 49.9 Å². The Kier molecular flexibility index (Phi) is 9.12. The highest BCUT2D eigenvalue weighted by Gasteiger charge is 2.10. The van der Waals surface area contributed by atoms with Crippen molar-refractivity contribution in [1.29, 1.82) is 0 Å². The molecule has 0 radical (unpaired) electrons. The Morgan fingerprint density at radius 3 is 2.23 bits per heavy atom. The van der Waals surface area contributed by atoms with Gasteiger partial charge in [0.15, 0.2) is 12.4 Å². The fourth-order valence-electron chi connectivity index (χ4n) is 2.64. The number of nitrogens with one attached hydrogen (secondary N) is 2. The molecule has 8 heteroatoms. The topological polar surface area (TPSA) is 84.5 Å². The Labute approximate surface area is 180 Å². The van der Waals surface area contributed by atoms with E-state index in [1.807, 2.05) is 0 Å². The van der Waals surface area contributed by atoms with Crippen LogP contribution in [0.25, 0.3) is 0 Å². The number of amides is 2. The van der Waals surface area contributed by atoms with E-state index in [0.29, 0.717) is 30.5 Å². The highest BCUT2D eigenvalue weighted by molar-refractivity contribution is 5.99. The predicted molar refractivity (Wildman–Crippen MR) is 112 cm³/mol. The summed E-state index contributed by atoms with van der Waals surface area (Å²) in [6.45, 7) is 3.17. The fraction of sp³-hybridized carbons (Fsp3) is 0.348. The lowest BCUT2D eigenvalue weighted by Crippen LogP contribution is -2.31. The highest BCUT2D eigenvalue weighted by Crippen LogP contribution is 2.15. The lowest BCUT2D eigenvalue weighted by atomic mass is 10.1. The van der Waals surface area contributed by atoms with Crippen LogP contribution in [0.3, 0.4) is 0 Å². The van der Waals surface area contributed by atoms with Gasteiger partial charge >= 0.3 is 0 Å². The molecular weight excluding hydrogens is 406 g/mol. The normalized spacial score (nSPS) is 10.5. The molecule has 2 amide bonds. The van der Waals surface area contributed by atoms with E-state index in [-0.39, 0.29) is 48.5 Å². The van der Waals surface area contributed by atoms with Gasteiger partial charge in [-0.1, -0.05) is 18.2 Å². The number of hydrogen-bond acceptors (Lipinski definition) is 4. The van der Waals surface area contributed by atoms with Gasteiger partial charge < -0.3 is 15.4 Å². The number of ether oxygens (including phenoxy) is 1. The van der Waals surface area contributed by atoms with Crippen molar-refractivity contribution in [2.24, 2.45) is 0 Å². The molecule has 0 heterocycles. The van der Waals surface area contributed by atoms with Crippen LogP contribution in [0.1, 0.15) is 40.7 Å². The molecule has 0 aromatic heterocycles. The van der Waals surface area contributed by atoms with Crippen molar-refractivity contribution in [3.05, 3.63) is 64.7 Å². The van der Waals surface area contributed by atoms with E-state index < -0.39 is 11.6 Å². The van der Waals surface area contributed by atoms with Gasteiger partial charge in [0.2, 0.25) is 5.91 Å². The quantitative estimate of drug-likeness (QED) is 0.422. The number of hydrogen-bond donors (Lipinski definition) is 2. The lowest BCUT2D eigenvalue weighted by Gasteiger charge is -2.08. The Hall–Kier alpha value is -3.29. The molecule has 31 heavy (non-hydrogen) atoms. The minimum atomic E-state index is -0.462. The van der Waals surface area contributed by atoms with E-state index in [1.165, 1.54) is 18.2 Å². The zero-order valence-corrected chi connectivity index (χ0v) is 17.6. The molecule has 0 atom stereocenters. The number of carbonyl (C=O) groups excluding carboxylic acids is 3. The summed E-state index contributed by atoms with van der Waals surface area (Å²) in [4.78, 5) is 35.6. The standard InChI is InChI=1S/C23H26F2N2O4/c1-15-6-8-17(11-19(15)24)21(28)13-27-22(29)5-3-4-10-26-23(30)14-31-18-9-7-16(2)20(25)12-18/h6-9,11-12H,3-5,10,13-14H2,1-2H3,(H,26,30)(H,27,29). The first-order chi connectivity index (χ1) is 14.8. The maximum Gasteiger partial charge on any atom is 0.257 e.